The minimum absolute atomic E-state index is 0.141. The van der Waals surface area contributed by atoms with Crippen LogP contribution in [0, 0.1) is 6.92 Å². The molecular formula is C22H20N4O2S. The number of nitrogens with zero attached hydrogens (tertiary/aromatic N) is 2. The molecule has 0 bridgehead atoms. The molecule has 0 spiro atoms. The van der Waals surface area contributed by atoms with E-state index in [9.17, 15) is 4.79 Å². The maximum atomic E-state index is 12.7. The van der Waals surface area contributed by atoms with Crippen LogP contribution >= 0.6 is 11.3 Å². The Morgan fingerprint density at radius 1 is 1.07 bits per heavy atom. The first-order valence-corrected chi connectivity index (χ1v) is 10.1. The first-order valence-electron chi connectivity index (χ1n) is 9.21. The molecular weight excluding hydrogens is 384 g/mol. The number of nitrogens with one attached hydrogen (secondary N) is 2. The van der Waals surface area contributed by atoms with Crippen molar-refractivity contribution in [3.8, 4) is 11.4 Å². The van der Waals surface area contributed by atoms with Crippen LogP contribution in [0.3, 0.4) is 0 Å². The van der Waals surface area contributed by atoms with Gasteiger partial charge >= 0.3 is 0 Å². The molecule has 2 N–H and O–H groups in total. The highest BCUT2D eigenvalue weighted by Gasteiger charge is 2.13. The summed E-state index contributed by atoms with van der Waals surface area (Å²) in [5.74, 6) is 0.881. The minimum atomic E-state index is -0.141. The number of carbonyl (C=O) groups is 1. The molecule has 2 aromatic carbocycles. The number of rotatable bonds is 7. The summed E-state index contributed by atoms with van der Waals surface area (Å²) in [6, 6.07) is 17.4. The molecule has 0 unspecified atom stereocenters. The average Bonchev–Trinajstić information content (AvgIpc) is 3.43. The zero-order valence-electron chi connectivity index (χ0n) is 15.9. The third-order valence-electron chi connectivity index (χ3n) is 4.42. The molecule has 6 nitrogen and oxygen atoms in total. The van der Waals surface area contributed by atoms with Gasteiger partial charge in [-0.15, -0.1) is 0 Å². The fraction of sp³-hybridized carbons (Fsp3) is 0.136. The number of hydrogen-bond acceptors (Lipinski definition) is 6. The molecule has 2 aromatic heterocycles. The molecule has 0 saturated carbocycles. The summed E-state index contributed by atoms with van der Waals surface area (Å²) in [6.45, 7) is 2.84. The Kier molecular flexibility index (Phi) is 5.67. The molecule has 0 aliphatic carbocycles. The zero-order valence-corrected chi connectivity index (χ0v) is 16.7. The Morgan fingerprint density at radius 2 is 1.90 bits per heavy atom. The van der Waals surface area contributed by atoms with Crippen LogP contribution in [-0.4, -0.2) is 16.0 Å². The molecule has 0 radical (unpaired) electrons. The molecule has 0 saturated heterocycles. The molecule has 0 atom stereocenters. The van der Waals surface area contributed by atoms with Gasteiger partial charge in [0, 0.05) is 23.2 Å². The van der Waals surface area contributed by atoms with Crippen LogP contribution in [0.15, 0.2) is 69.9 Å². The van der Waals surface area contributed by atoms with Gasteiger partial charge in [0.05, 0.1) is 12.1 Å². The SMILES string of the molecule is Cc1ccc(CNC(=O)c2ccccc2NCc2nc(-c3ccsc3)no2)cc1. The first kappa shape index (κ1) is 18.9. The number of thiophene rings is 1. The van der Waals surface area contributed by atoms with Crippen LogP contribution in [0.4, 0.5) is 5.69 Å². The van der Waals surface area contributed by atoms with Gasteiger partial charge in [-0.3, -0.25) is 4.79 Å². The number of para-hydroxylation sites is 1. The minimum Gasteiger partial charge on any atom is -0.375 e. The normalized spacial score (nSPS) is 10.7. The van der Waals surface area contributed by atoms with Crippen molar-refractivity contribution in [1.29, 1.82) is 0 Å². The fourth-order valence-corrected chi connectivity index (χ4v) is 3.46. The summed E-state index contributed by atoms with van der Waals surface area (Å²) in [4.78, 5) is 17.1. The van der Waals surface area contributed by atoms with E-state index in [1.807, 2.05) is 66.2 Å². The Morgan fingerprint density at radius 3 is 2.69 bits per heavy atom. The van der Waals surface area contributed by atoms with Gasteiger partial charge in [0.15, 0.2) is 0 Å². The van der Waals surface area contributed by atoms with E-state index in [1.165, 1.54) is 5.56 Å². The lowest BCUT2D eigenvalue weighted by Gasteiger charge is -2.11. The van der Waals surface area contributed by atoms with E-state index in [1.54, 1.807) is 17.4 Å². The van der Waals surface area contributed by atoms with Gasteiger partial charge in [0.25, 0.3) is 5.91 Å². The summed E-state index contributed by atoms with van der Waals surface area (Å²) in [7, 11) is 0. The van der Waals surface area contributed by atoms with Crippen molar-refractivity contribution >= 4 is 22.9 Å². The van der Waals surface area contributed by atoms with E-state index in [-0.39, 0.29) is 5.91 Å². The van der Waals surface area contributed by atoms with Crippen LogP contribution in [0.1, 0.15) is 27.4 Å². The molecule has 2 heterocycles. The lowest BCUT2D eigenvalue weighted by atomic mass is 10.1. The molecule has 1 amide bonds. The standard InChI is InChI=1S/C22H20N4O2S/c1-15-6-8-16(9-7-15)12-24-22(27)18-4-2-3-5-19(18)23-13-20-25-21(26-28-20)17-10-11-29-14-17/h2-11,14,23H,12-13H2,1H3,(H,24,27). The molecule has 0 aliphatic heterocycles. The predicted octanol–water partition coefficient (Wildman–Crippen LogP) is 4.65. The van der Waals surface area contributed by atoms with Gasteiger partial charge in [-0.05, 0) is 36.1 Å². The first-order chi connectivity index (χ1) is 14.2. The summed E-state index contributed by atoms with van der Waals surface area (Å²) >= 11 is 1.58. The van der Waals surface area contributed by atoms with E-state index in [0.717, 1.165) is 11.1 Å². The Hall–Kier alpha value is -3.45. The van der Waals surface area contributed by atoms with Gasteiger partial charge in [0.2, 0.25) is 11.7 Å². The van der Waals surface area contributed by atoms with Crippen LogP contribution in [0.5, 0.6) is 0 Å². The van der Waals surface area contributed by atoms with Crippen molar-refractivity contribution in [3.05, 3.63) is 87.9 Å². The zero-order chi connectivity index (χ0) is 20.1. The highest BCUT2D eigenvalue weighted by Crippen LogP contribution is 2.20. The van der Waals surface area contributed by atoms with Crippen molar-refractivity contribution < 1.29 is 9.32 Å². The van der Waals surface area contributed by atoms with Gasteiger partial charge in [-0.1, -0.05) is 47.1 Å². The number of anilines is 1. The molecule has 7 heteroatoms. The maximum absolute atomic E-state index is 12.7. The highest BCUT2D eigenvalue weighted by atomic mass is 32.1. The molecule has 4 aromatic rings. The number of amides is 1. The number of hydrogen-bond donors (Lipinski definition) is 2. The summed E-state index contributed by atoms with van der Waals surface area (Å²) < 4.78 is 5.31. The van der Waals surface area contributed by atoms with Crippen LogP contribution in [0.2, 0.25) is 0 Å². The van der Waals surface area contributed by atoms with Crippen molar-refractivity contribution in [2.24, 2.45) is 0 Å². The van der Waals surface area contributed by atoms with Crippen molar-refractivity contribution in [2.75, 3.05) is 5.32 Å². The fourth-order valence-electron chi connectivity index (χ4n) is 2.83. The van der Waals surface area contributed by atoms with Crippen LogP contribution in [-0.2, 0) is 13.1 Å². The molecule has 0 aliphatic rings. The molecule has 4 rings (SSSR count). The van der Waals surface area contributed by atoms with Crippen molar-refractivity contribution in [1.82, 2.24) is 15.5 Å². The molecule has 146 valence electrons. The van der Waals surface area contributed by atoms with Gasteiger partial charge in [0.1, 0.15) is 0 Å². The van der Waals surface area contributed by atoms with E-state index < -0.39 is 0 Å². The topological polar surface area (TPSA) is 80.0 Å². The quantitative estimate of drug-likeness (QED) is 0.469. The number of benzene rings is 2. The van der Waals surface area contributed by atoms with Gasteiger partial charge in [-0.25, -0.2) is 0 Å². The van der Waals surface area contributed by atoms with E-state index in [4.69, 9.17) is 4.52 Å². The third-order valence-corrected chi connectivity index (χ3v) is 5.11. The van der Waals surface area contributed by atoms with Crippen LogP contribution in [0.25, 0.3) is 11.4 Å². The Labute approximate surface area is 172 Å². The summed E-state index contributed by atoms with van der Waals surface area (Å²) in [5.41, 5.74) is 4.46. The largest absolute Gasteiger partial charge is 0.375 e. The Balaban J connectivity index is 1.40. The monoisotopic (exact) mass is 404 g/mol. The van der Waals surface area contributed by atoms with E-state index in [2.05, 4.69) is 20.8 Å². The highest BCUT2D eigenvalue weighted by molar-refractivity contribution is 7.08. The lowest BCUT2D eigenvalue weighted by molar-refractivity contribution is 0.0951. The lowest BCUT2D eigenvalue weighted by Crippen LogP contribution is -2.24. The number of aryl methyl sites for hydroxylation is 1. The number of carbonyl (C=O) groups excluding carboxylic acids is 1. The average molecular weight is 404 g/mol. The summed E-state index contributed by atoms with van der Waals surface area (Å²) in [6.07, 6.45) is 0. The van der Waals surface area contributed by atoms with Crippen LogP contribution < -0.4 is 10.6 Å². The molecule has 0 fully saturated rings. The van der Waals surface area contributed by atoms with E-state index in [0.29, 0.717) is 36.1 Å². The van der Waals surface area contributed by atoms with E-state index >= 15 is 0 Å². The second-order valence-corrected chi connectivity index (χ2v) is 7.37. The second-order valence-electron chi connectivity index (χ2n) is 6.59. The van der Waals surface area contributed by atoms with Gasteiger partial charge < -0.3 is 15.2 Å². The van der Waals surface area contributed by atoms with Crippen molar-refractivity contribution in [3.63, 3.8) is 0 Å². The maximum Gasteiger partial charge on any atom is 0.253 e. The number of aromatic nitrogens is 2. The third kappa shape index (κ3) is 4.70. The van der Waals surface area contributed by atoms with Crippen molar-refractivity contribution in [2.45, 2.75) is 20.0 Å². The smallest absolute Gasteiger partial charge is 0.253 e. The summed E-state index contributed by atoms with van der Waals surface area (Å²) in [5, 5.41) is 14.1. The van der Waals surface area contributed by atoms with Gasteiger partial charge in [-0.2, -0.15) is 16.3 Å². The molecule has 29 heavy (non-hydrogen) atoms. The Bertz CT molecular complexity index is 1090. The predicted molar refractivity (Wildman–Crippen MR) is 114 cm³/mol. The second kappa shape index (κ2) is 8.70.